The Kier molecular flexibility index (Phi) is 4.12. The Morgan fingerprint density at radius 1 is 1.44 bits per heavy atom. The molecule has 0 atom stereocenters. The smallest absolute Gasteiger partial charge is 0.325 e. The summed E-state index contributed by atoms with van der Waals surface area (Å²) in [4.78, 5) is 11.4. The van der Waals surface area contributed by atoms with Gasteiger partial charge < -0.3 is 9.15 Å². The molecule has 0 fully saturated rings. The van der Waals surface area contributed by atoms with Gasteiger partial charge in [0.2, 0.25) is 0 Å². The molecule has 0 aliphatic rings. The van der Waals surface area contributed by atoms with Crippen LogP contribution in [0.4, 0.5) is 0 Å². The van der Waals surface area contributed by atoms with Crippen molar-refractivity contribution in [2.45, 2.75) is 39.3 Å². The van der Waals surface area contributed by atoms with Crippen molar-refractivity contribution in [3.8, 4) is 0 Å². The number of furan rings is 1. The fourth-order valence-corrected chi connectivity index (χ4v) is 1.34. The first-order valence-electron chi connectivity index (χ1n) is 5.40. The number of carbonyl (C=O) groups is 1. The zero-order valence-corrected chi connectivity index (χ0v) is 10.3. The van der Waals surface area contributed by atoms with Crippen molar-refractivity contribution in [2.24, 2.45) is 0 Å². The summed E-state index contributed by atoms with van der Waals surface area (Å²) in [6.45, 7) is 6.11. The van der Waals surface area contributed by atoms with Crippen LogP contribution < -0.4 is 5.32 Å². The van der Waals surface area contributed by atoms with Crippen LogP contribution in [-0.4, -0.2) is 18.6 Å². The minimum Gasteiger partial charge on any atom is -0.468 e. The number of carbonyl (C=O) groups excluding carboxylic acids is 1. The second-order valence-corrected chi connectivity index (χ2v) is 4.19. The highest BCUT2D eigenvalue weighted by Gasteiger charge is 2.27. The van der Waals surface area contributed by atoms with Gasteiger partial charge in [-0.2, -0.15) is 0 Å². The van der Waals surface area contributed by atoms with Crippen molar-refractivity contribution >= 4 is 5.97 Å². The summed E-state index contributed by atoms with van der Waals surface area (Å²) >= 11 is 0. The zero-order valence-electron chi connectivity index (χ0n) is 10.3. The molecule has 1 N–H and O–H groups in total. The highest BCUT2D eigenvalue weighted by atomic mass is 16.5. The number of ether oxygens (including phenoxy) is 1. The Morgan fingerprint density at radius 2 is 2.06 bits per heavy atom. The van der Waals surface area contributed by atoms with Crippen LogP contribution in [0.25, 0.3) is 0 Å². The Morgan fingerprint density at radius 3 is 2.56 bits per heavy atom. The second-order valence-electron chi connectivity index (χ2n) is 4.19. The maximum atomic E-state index is 11.4. The van der Waals surface area contributed by atoms with Gasteiger partial charge in [0.15, 0.2) is 0 Å². The molecule has 0 unspecified atom stereocenters. The van der Waals surface area contributed by atoms with Gasteiger partial charge in [-0.15, -0.1) is 0 Å². The van der Waals surface area contributed by atoms with Gasteiger partial charge in [0.1, 0.15) is 17.1 Å². The lowest BCUT2D eigenvalue weighted by Crippen LogP contribution is -2.46. The molecule has 0 saturated heterocycles. The van der Waals surface area contributed by atoms with E-state index in [2.05, 4.69) is 5.32 Å². The minimum absolute atomic E-state index is 0.283. The van der Waals surface area contributed by atoms with Gasteiger partial charge in [-0.25, -0.2) is 0 Å². The molecular weight excluding hydrogens is 206 g/mol. The second kappa shape index (κ2) is 5.16. The number of aryl methyl sites for hydroxylation is 1. The minimum atomic E-state index is -0.700. The van der Waals surface area contributed by atoms with Crippen molar-refractivity contribution in [3.63, 3.8) is 0 Å². The molecule has 0 aromatic carbocycles. The Hall–Kier alpha value is -1.29. The molecule has 0 bridgehead atoms. The molecule has 1 aromatic heterocycles. The molecule has 1 heterocycles. The number of esters is 1. The van der Waals surface area contributed by atoms with Crippen LogP contribution in [0.15, 0.2) is 16.5 Å². The highest BCUT2D eigenvalue weighted by molar-refractivity contribution is 5.79. The van der Waals surface area contributed by atoms with Crippen LogP contribution in [0, 0.1) is 0 Å². The van der Waals surface area contributed by atoms with E-state index in [4.69, 9.17) is 9.15 Å². The van der Waals surface area contributed by atoms with Gasteiger partial charge in [-0.1, -0.05) is 6.92 Å². The first kappa shape index (κ1) is 12.8. The standard InChI is InChI=1S/C12H19NO3/c1-5-9-6-7-10(16-9)8-13-12(2,3)11(14)15-4/h6-7,13H,5,8H2,1-4H3. The predicted octanol–water partition coefficient (Wildman–Crippen LogP) is 1.88. The summed E-state index contributed by atoms with van der Waals surface area (Å²) in [7, 11) is 1.38. The summed E-state index contributed by atoms with van der Waals surface area (Å²) in [5.74, 6) is 1.50. The molecule has 4 nitrogen and oxygen atoms in total. The number of methoxy groups -OCH3 is 1. The quantitative estimate of drug-likeness (QED) is 0.777. The van der Waals surface area contributed by atoms with E-state index in [-0.39, 0.29) is 5.97 Å². The summed E-state index contributed by atoms with van der Waals surface area (Å²) in [5, 5.41) is 3.10. The van der Waals surface area contributed by atoms with Crippen LogP contribution in [0.5, 0.6) is 0 Å². The lowest BCUT2D eigenvalue weighted by atomic mass is 10.1. The van der Waals surface area contributed by atoms with E-state index in [0.717, 1.165) is 17.9 Å². The van der Waals surface area contributed by atoms with Crippen LogP contribution in [-0.2, 0) is 22.5 Å². The van der Waals surface area contributed by atoms with Crippen LogP contribution in [0.1, 0.15) is 32.3 Å². The third kappa shape index (κ3) is 3.10. The molecule has 0 spiro atoms. The average molecular weight is 225 g/mol. The van der Waals surface area contributed by atoms with Gasteiger partial charge in [-0.05, 0) is 26.0 Å². The lowest BCUT2D eigenvalue weighted by molar-refractivity contribution is -0.147. The monoisotopic (exact) mass is 225 g/mol. The Balaban J connectivity index is 2.53. The summed E-state index contributed by atoms with van der Waals surface area (Å²) in [6, 6.07) is 3.86. The van der Waals surface area contributed by atoms with E-state index in [1.54, 1.807) is 13.8 Å². The third-order valence-corrected chi connectivity index (χ3v) is 2.47. The first-order valence-corrected chi connectivity index (χ1v) is 5.40. The van der Waals surface area contributed by atoms with Gasteiger partial charge in [0.25, 0.3) is 0 Å². The van der Waals surface area contributed by atoms with Crippen molar-refractivity contribution in [2.75, 3.05) is 7.11 Å². The van der Waals surface area contributed by atoms with Gasteiger partial charge in [-0.3, -0.25) is 10.1 Å². The lowest BCUT2D eigenvalue weighted by Gasteiger charge is -2.22. The molecule has 0 aliphatic heterocycles. The zero-order chi connectivity index (χ0) is 12.2. The summed E-state index contributed by atoms with van der Waals surface area (Å²) < 4.78 is 10.2. The maximum Gasteiger partial charge on any atom is 0.325 e. The molecule has 16 heavy (non-hydrogen) atoms. The van der Waals surface area contributed by atoms with E-state index in [1.807, 2.05) is 19.1 Å². The van der Waals surface area contributed by atoms with Crippen molar-refractivity contribution in [1.29, 1.82) is 0 Å². The van der Waals surface area contributed by atoms with E-state index >= 15 is 0 Å². The topological polar surface area (TPSA) is 51.5 Å². The SMILES string of the molecule is CCc1ccc(CNC(C)(C)C(=O)OC)o1. The van der Waals surface area contributed by atoms with E-state index in [0.29, 0.717) is 6.54 Å². The fourth-order valence-electron chi connectivity index (χ4n) is 1.34. The largest absolute Gasteiger partial charge is 0.468 e. The van der Waals surface area contributed by atoms with Crippen LogP contribution >= 0.6 is 0 Å². The fraction of sp³-hybridized carbons (Fsp3) is 0.583. The third-order valence-electron chi connectivity index (χ3n) is 2.47. The first-order chi connectivity index (χ1) is 7.49. The number of hydrogen-bond acceptors (Lipinski definition) is 4. The van der Waals surface area contributed by atoms with E-state index < -0.39 is 5.54 Å². The van der Waals surface area contributed by atoms with E-state index in [9.17, 15) is 4.79 Å². The Bertz CT molecular complexity index is 355. The van der Waals surface area contributed by atoms with Crippen molar-refractivity contribution in [3.05, 3.63) is 23.7 Å². The number of hydrogen-bond donors (Lipinski definition) is 1. The predicted molar refractivity (Wildman–Crippen MR) is 61.0 cm³/mol. The van der Waals surface area contributed by atoms with Gasteiger partial charge >= 0.3 is 5.97 Å². The molecule has 1 rings (SSSR count). The summed E-state index contributed by atoms with van der Waals surface area (Å²) in [6.07, 6.45) is 0.875. The Labute approximate surface area is 96.0 Å². The normalized spacial score (nSPS) is 11.5. The molecule has 0 saturated carbocycles. The molecular formula is C12H19NO3. The molecule has 0 amide bonds. The summed E-state index contributed by atoms with van der Waals surface area (Å²) in [5.41, 5.74) is -0.700. The van der Waals surface area contributed by atoms with Gasteiger partial charge in [0, 0.05) is 6.42 Å². The molecule has 4 heteroatoms. The highest BCUT2D eigenvalue weighted by Crippen LogP contribution is 2.11. The van der Waals surface area contributed by atoms with Crippen molar-refractivity contribution < 1.29 is 13.9 Å². The average Bonchev–Trinajstić information content (AvgIpc) is 2.73. The maximum absolute atomic E-state index is 11.4. The van der Waals surface area contributed by atoms with Crippen molar-refractivity contribution in [1.82, 2.24) is 5.32 Å². The van der Waals surface area contributed by atoms with E-state index in [1.165, 1.54) is 7.11 Å². The molecule has 1 aromatic rings. The molecule has 0 aliphatic carbocycles. The molecule has 90 valence electrons. The number of rotatable bonds is 5. The van der Waals surface area contributed by atoms with Gasteiger partial charge in [0.05, 0.1) is 13.7 Å². The molecule has 0 radical (unpaired) electrons. The number of nitrogens with one attached hydrogen (secondary N) is 1. The van der Waals surface area contributed by atoms with Crippen LogP contribution in [0.3, 0.4) is 0 Å². The van der Waals surface area contributed by atoms with Crippen LogP contribution in [0.2, 0.25) is 0 Å².